The Morgan fingerprint density at radius 2 is 2.06 bits per heavy atom. The van der Waals surface area contributed by atoms with Crippen molar-refractivity contribution in [2.45, 2.75) is 0 Å². The van der Waals surface area contributed by atoms with Gasteiger partial charge in [-0.05, 0) is 35.9 Å². The molecule has 16 heavy (non-hydrogen) atoms. The number of aromatic nitrogens is 1. The first-order valence-electron chi connectivity index (χ1n) is 4.66. The van der Waals surface area contributed by atoms with Gasteiger partial charge < -0.3 is 4.74 Å². The zero-order chi connectivity index (χ0) is 11.5. The van der Waals surface area contributed by atoms with Crippen molar-refractivity contribution in [2.75, 3.05) is 7.11 Å². The predicted molar refractivity (Wildman–Crippen MR) is 61.2 cm³/mol. The van der Waals surface area contributed by atoms with E-state index >= 15 is 0 Å². The van der Waals surface area contributed by atoms with Crippen LogP contribution in [-0.4, -0.2) is 12.1 Å². The van der Waals surface area contributed by atoms with E-state index in [9.17, 15) is 4.39 Å². The number of ether oxygens (including phenoxy) is 1. The van der Waals surface area contributed by atoms with E-state index in [0.717, 1.165) is 5.56 Å². The molecule has 0 aliphatic carbocycles. The number of halogens is 2. The van der Waals surface area contributed by atoms with Crippen LogP contribution in [-0.2, 0) is 0 Å². The van der Waals surface area contributed by atoms with E-state index in [2.05, 4.69) is 4.98 Å². The summed E-state index contributed by atoms with van der Waals surface area (Å²) in [7, 11) is 1.54. The fourth-order valence-electron chi connectivity index (χ4n) is 1.48. The topological polar surface area (TPSA) is 22.1 Å². The molecule has 0 bridgehead atoms. The first-order chi connectivity index (χ1) is 7.70. The maximum atomic E-state index is 13.2. The number of methoxy groups -OCH3 is 1. The molecule has 2 nitrogen and oxygen atoms in total. The lowest BCUT2D eigenvalue weighted by molar-refractivity contribution is 0.415. The highest BCUT2D eigenvalue weighted by atomic mass is 35.5. The van der Waals surface area contributed by atoms with Crippen molar-refractivity contribution in [3.05, 3.63) is 47.5 Å². The van der Waals surface area contributed by atoms with Gasteiger partial charge in [0.25, 0.3) is 0 Å². The number of rotatable bonds is 2. The minimum atomic E-state index is -0.316. The Morgan fingerprint density at radius 1 is 1.25 bits per heavy atom. The molecule has 2 aromatic rings. The van der Waals surface area contributed by atoms with Gasteiger partial charge in [-0.1, -0.05) is 11.6 Å². The van der Waals surface area contributed by atoms with Gasteiger partial charge in [0.15, 0.2) is 0 Å². The van der Waals surface area contributed by atoms with Crippen LogP contribution in [0.2, 0.25) is 5.15 Å². The van der Waals surface area contributed by atoms with Gasteiger partial charge in [-0.25, -0.2) is 9.37 Å². The monoisotopic (exact) mass is 237 g/mol. The van der Waals surface area contributed by atoms with Gasteiger partial charge in [-0.3, -0.25) is 0 Å². The van der Waals surface area contributed by atoms with E-state index in [0.29, 0.717) is 16.5 Å². The first kappa shape index (κ1) is 10.9. The van der Waals surface area contributed by atoms with Gasteiger partial charge in [0.2, 0.25) is 0 Å². The summed E-state index contributed by atoms with van der Waals surface area (Å²) in [5.41, 5.74) is 1.43. The highest BCUT2D eigenvalue weighted by molar-refractivity contribution is 6.29. The summed E-state index contributed by atoms with van der Waals surface area (Å²) in [6, 6.07) is 7.76. The molecule has 0 saturated carbocycles. The van der Waals surface area contributed by atoms with Crippen LogP contribution in [0.3, 0.4) is 0 Å². The molecular formula is C12H9ClFNO. The molecule has 2 rings (SSSR count). The number of benzene rings is 1. The summed E-state index contributed by atoms with van der Waals surface area (Å²) in [6.07, 6.45) is 1.57. The largest absolute Gasteiger partial charge is 0.496 e. The van der Waals surface area contributed by atoms with Gasteiger partial charge in [-0.15, -0.1) is 0 Å². The van der Waals surface area contributed by atoms with E-state index in [4.69, 9.17) is 16.3 Å². The molecule has 82 valence electrons. The van der Waals surface area contributed by atoms with Crippen molar-refractivity contribution < 1.29 is 9.13 Å². The fourth-order valence-corrected chi connectivity index (χ4v) is 1.65. The molecule has 4 heteroatoms. The van der Waals surface area contributed by atoms with E-state index in [1.807, 2.05) is 0 Å². The molecule has 0 N–H and O–H groups in total. The Hall–Kier alpha value is -1.61. The van der Waals surface area contributed by atoms with Crippen molar-refractivity contribution in [2.24, 2.45) is 0 Å². The van der Waals surface area contributed by atoms with Crippen LogP contribution in [0.25, 0.3) is 11.1 Å². The third kappa shape index (κ3) is 2.14. The third-order valence-corrected chi connectivity index (χ3v) is 2.41. The van der Waals surface area contributed by atoms with Crippen molar-refractivity contribution in [3.8, 4) is 16.9 Å². The Labute approximate surface area is 97.7 Å². The normalized spacial score (nSPS) is 10.2. The second-order valence-electron chi connectivity index (χ2n) is 3.21. The third-order valence-electron chi connectivity index (χ3n) is 2.20. The molecule has 0 amide bonds. The molecule has 1 aromatic heterocycles. The van der Waals surface area contributed by atoms with Crippen LogP contribution in [0.4, 0.5) is 4.39 Å². The van der Waals surface area contributed by atoms with Crippen LogP contribution < -0.4 is 4.74 Å². The summed E-state index contributed by atoms with van der Waals surface area (Å²) in [6.45, 7) is 0. The fraction of sp³-hybridized carbons (Fsp3) is 0.0833. The van der Waals surface area contributed by atoms with Crippen LogP contribution >= 0.6 is 11.6 Å². The second kappa shape index (κ2) is 4.49. The molecule has 1 heterocycles. The van der Waals surface area contributed by atoms with Gasteiger partial charge in [-0.2, -0.15) is 0 Å². The van der Waals surface area contributed by atoms with E-state index in [1.165, 1.54) is 12.1 Å². The molecular weight excluding hydrogens is 229 g/mol. The molecule has 0 atom stereocenters. The smallest absolute Gasteiger partial charge is 0.129 e. The Bertz CT molecular complexity index is 516. The summed E-state index contributed by atoms with van der Waals surface area (Å²) < 4.78 is 18.3. The molecule has 0 radical (unpaired) electrons. The van der Waals surface area contributed by atoms with E-state index in [1.54, 1.807) is 31.5 Å². The summed E-state index contributed by atoms with van der Waals surface area (Å²) in [5.74, 6) is 0.285. The lowest BCUT2D eigenvalue weighted by Crippen LogP contribution is -1.89. The maximum absolute atomic E-state index is 13.2. The van der Waals surface area contributed by atoms with E-state index < -0.39 is 0 Å². The molecule has 0 aliphatic heterocycles. The molecule has 0 saturated heterocycles. The number of hydrogen-bond acceptors (Lipinski definition) is 2. The quantitative estimate of drug-likeness (QED) is 0.746. The lowest BCUT2D eigenvalue weighted by Gasteiger charge is -2.08. The van der Waals surface area contributed by atoms with Gasteiger partial charge in [0.05, 0.1) is 7.11 Å². The van der Waals surface area contributed by atoms with E-state index in [-0.39, 0.29) is 5.82 Å². The molecule has 0 aliphatic rings. The highest BCUT2D eigenvalue weighted by Gasteiger charge is 2.07. The van der Waals surface area contributed by atoms with Gasteiger partial charge >= 0.3 is 0 Å². The average Bonchev–Trinajstić information content (AvgIpc) is 2.29. The standard InChI is InChI=1S/C12H9ClFNO/c1-16-11-3-2-9(14)7-10(11)8-4-5-15-12(13)6-8/h2-7H,1H3. The zero-order valence-corrected chi connectivity index (χ0v) is 9.33. The van der Waals surface area contributed by atoms with Crippen molar-refractivity contribution >= 4 is 11.6 Å². The maximum Gasteiger partial charge on any atom is 0.129 e. The predicted octanol–water partition coefficient (Wildman–Crippen LogP) is 3.55. The average molecular weight is 238 g/mol. The highest BCUT2D eigenvalue weighted by Crippen LogP contribution is 2.31. The first-order valence-corrected chi connectivity index (χ1v) is 5.04. The second-order valence-corrected chi connectivity index (χ2v) is 3.60. The summed E-state index contributed by atoms with van der Waals surface area (Å²) in [4.78, 5) is 3.87. The van der Waals surface area contributed by atoms with Gasteiger partial charge in [0.1, 0.15) is 16.7 Å². The minimum Gasteiger partial charge on any atom is -0.496 e. The molecule has 0 fully saturated rings. The van der Waals surface area contributed by atoms with Crippen LogP contribution in [0.15, 0.2) is 36.5 Å². The van der Waals surface area contributed by atoms with Crippen LogP contribution in [0.5, 0.6) is 5.75 Å². The number of hydrogen-bond donors (Lipinski definition) is 0. The zero-order valence-electron chi connectivity index (χ0n) is 8.58. The Kier molecular flexibility index (Phi) is 3.06. The van der Waals surface area contributed by atoms with Crippen LogP contribution in [0.1, 0.15) is 0 Å². The number of nitrogens with zero attached hydrogens (tertiary/aromatic N) is 1. The Balaban J connectivity index is 2.58. The van der Waals surface area contributed by atoms with Gasteiger partial charge in [0, 0.05) is 11.8 Å². The summed E-state index contributed by atoms with van der Waals surface area (Å²) >= 11 is 5.78. The van der Waals surface area contributed by atoms with Crippen molar-refractivity contribution in [1.29, 1.82) is 0 Å². The molecule has 1 aromatic carbocycles. The minimum absolute atomic E-state index is 0.316. The van der Waals surface area contributed by atoms with Crippen molar-refractivity contribution in [1.82, 2.24) is 4.98 Å². The molecule has 0 spiro atoms. The Morgan fingerprint density at radius 3 is 2.75 bits per heavy atom. The van der Waals surface area contributed by atoms with Crippen molar-refractivity contribution in [3.63, 3.8) is 0 Å². The SMILES string of the molecule is COc1ccc(F)cc1-c1ccnc(Cl)c1. The summed E-state index contributed by atoms with van der Waals surface area (Å²) in [5, 5.41) is 0.365. The van der Waals surface area contributed by atoms with Crippen LogP contribution in [0, 0.1) is 5.82 Å². The molecule has 0 unspecified atom stereocenters. The lowest BCUT2D eigenvalue weighted by atomic mass is 10.1. The number of pyridine rings is 1.